The molecule has 0 unspecified atom stereocenters. The van der Waals surface area contributed by atoms with Crippen LogP contribution in [-0.4, -0.2) is 63.7 Å². The highest BCUT2D eigenvalue weighted by Gasteiger charge is 2.37. The molecule has 1 saturated heterocycles. The predicted molar refractivity (Wildman–Crippen MR) is 115 cm³/mol. The number of phosphoric acid groups is 1. The first-order valence-electron chi connectivity index (χ1n) is 9.57. The van der Waals surface area contributed by atoms with Gasteiger partial charge in [0.1, 0.15) is 17.9 Å². The number of aryl methyl sites for hydroxylation is 1. The minimum Gasteiger partial charge on any atom is -0.390 e. The predicted octanol–water partition coefficient (Wildman–Crippen LogP) is -2.06. The van der Waals surface area contributed by atoms with E-state index in [0.29, 0.717) is 0 Å². The van der Waals surface area contributed by atoms with E-state index in [4.69, 9.17) is 26.0 Å². The molecule has 184 valence electrons. The van der Waals surface area contributed by atoms with Crippen LogP contribution in [0.2, 0.25) is 0 Å². The van der Waals surface area contributed by atoms with Gasteiger partial charge in [-0.1, -0.05) is 0 Å². The van der Waals surface area contributed by atoms with E-state index in [0.717, 1.165) is 0 Å². The lowest BCUT2D eigenvalue weighted by Crippen LogP contribution is -2.25. The maximum atomic E-state index is 11.7. The fourth-order valence-corrected chi connectivity index (χ4v) is 3.47. The number of ether oxygens (including phenoxy) is 1. The third-order valence-corrected chi connectivity index (χ3v) is 5.18. The number of phosphoric ester groups is 1. The van der Waals surface area contributed by atoms with Crippen molar-refractivity contribution in [2.75, 3.05) is 12.3 Å². The van der Waals surface area contributed by atoms with Crippen molar-refractivity contribution in [1.82, 2.24) is 24.1 Å². The largest absolute Gasteiger partial charge is 0.469 e. The number of nitrogens with two attached hydrogens (primary N) is 2. The molecular formula is C17H22N7O9P. The van der Waals surface area contributed by atoms with Gasteiger partial charge in [-0.2, -0.15) is 4.98 Å². The Morgan fingerprint density at radius 1 is 1.41 bits per heavy atom. The number of anilines is 1. The number of nitrogen functional groups attached to an aromatic ring is 1. The maximum absolute atomic E-state index is 11.7. The number of aliphatic hydroxyl groups is 1. The topological polar surface area (TPSA) is 251 Å². The number of H-pyrrole nitrogens is 1. The van der Waals surface area contributed by atoms with Gasteiger partial charge in [0.05, 0.1) is 19.0 Å². The van der Waals surface area contributed by atoms with Gasteiger partial charge in [0, 0.05) is 31.9 Å². The fraction of sp³-hybridized carbons (Fsp3) is 0.353. The number of nitrogens with zero attached hydrogens (tertiary/aromatic N) is 4. The van der Waals surface area contributed by atoms with Crippen molar-refractivity contribution in [3.63, 3.8) is 0 Å². The van der Waals surface area contributed by atoms with Gasteiger partial charge in [-0.25, -0.2) is 9.55 Å². The van der Waals surface area contributed by atoms with Crippen molar-refractivity contribution in [2.45, 2.75) is 24.9 Å². The Morgan fingerprint density at radius 3 is 2.74 bits per heavy atom. The first kappa shape index (κ1) is 25.2. The monoisotopic (exact) mass is 499 g/mol. The number of hydrogen-bond acceptors (Lipinski definition) is 10. The summed E-state index contributed by atoms with van der Waals surface area (Å²) < 4.78 is 23.6. The van der Waals surface area contributed by atoms with Crippen LogP contribution in [0.25, 0.3) is 11.2 Å². The van der Waals surface area contributed by atoms with Crippen molar-refractivity contribution in [3.8, 4) is 0 Å². The molecule has 4 rings (SSSR count). The molecule has 0 aromatic carbocycles. The number of fused-ring (bicyclic) bond motifs is 1. The van der Waals surface area contributed by atoms with E-state index in [1.54, 1.807) is 17.8 Å². The van der Waals surface area contributed by atoms with Crippen molar-refractivity contribution in [1.29, 1.82) is 0 Å². The Morgan fingerprint density at radius 2 is 2.12 bits per heavy atom. The summed E-state index contributed by atoms with van der Waals surface area (Å²) in [4.78, 5) is 60.8. The molecule has 16 nitrogen and oxygen atoms in total. The molecule has 1 aliphatic heterocycles. The smallest absolute Gasteiger partial charge is 0.390 e. The van der Waals surface area contributed by atoms with E-state index >= 15 is 0 Å². The number of hydrogen-bond donors (Lipinski definition) is 6. The highest BCUT2D eigenvalue weighted by Crippen LogP contribution is 2.38. The number of carbonyl (C=O) groups is 1. The highest BCUT2D eigenvalue weighted by atomic mass is 31.2. The molecule has 1 aliphatic rings. The third-order valence-electron chi connectivity index (χ3n) is 4.70. The zero-order valence-corrected chi connectivity index (χ0v) is 18.5. The van der Waals surface area contributed by atoms with Crippen LogP contribution in [0.15, 0.2) is 34.4 Å². The number of carbonyl (C=O) groups excluding carboxylic acids is 1. The Labute approximate surface area is 190 Å². The second-order valence-corrected chi connectivity index (χ2v) is 8.49. The molecule has 1 amide bonds. The second-order valence-electron chi connectivity index (χ2n) is 7.25. The van der Waals surface area contributed by atoms with E-state index in [1.807, 2.05) is 0 Å². The van der Waals surface area contributed by atoms with Gasteiger partial charge in [0.2, 0.25) is 5.95 Å². The van der Waals surface area contributed by atoms with Crippen LogP contribution in [0.3, 0.4) is 0 Å². The highest BCUT2D eigenvalue weighted by molar-refractivity contribution is 7.46. The Hall–Kier alpha value is -3.40. The summed E-state index contributed by atoms with van der Waals surface area (Å²) in [5.41, 5.74) is 9.85. The molecule has 0 saturated carbocycles. The molecular weight excluding hydrogens is 477 g/mol. The van der Waals surface area contributed by atoms with Crippen LogP contribution >= 0.6 is 7.82 Å². The third kappa shape index (κ3) is 5.93. The van der Waals surface area contributed by atoms with Crippen LogP contribution in [0.4, 0.5) is 5.95 Å². The summed E-state index contributed by atoms with van der Waals surface area (Å²) in [6.45, 7) is -0.481. The lowest BCUT2D eigenvalue weighted by Gasteiger charge is -2.16. The van der Waals surface area contributed by atoms with Crippen LogP contribution in [0.5, 0.6) is 0 Å². The average Bonchev–Trinajstić information content (AvgIpc) is 3.31. The van der Waals surface area contributed by atoms with Crippen molar-refractivity contribution in [2.24, 2.45) is 12.8 Å². The van der Waals surface area contributed by atoms with Crippen molar-refractivity contribution in [3.05, 3.63) is 50.9 Å². The number of aromatic nitrogens is 5. The fourth-order valence-electron chi connectivity index (χ4n) is 3.13. The van der Waals surface area contributed by atoms with E-state index in [1.165, 1.54) is 23.2 Å². The Bertz CT molecular complexity index is 1360. The molecule has 0 bridgehead atoms. The second kappa shape index (κ2) is 9.84. The van der Waals surface area contributed by atoms with Crippen LogP contribution in [0, 0.1) is 0 Å². The first-order valence-corrected chi connectivity index (χ1v) is 11.1. The number of amides is 1. The van der Waals surface area contributed by atoms with E-state index in [-0.39, 0.29) is 34.5 Å². The SMILES string of the molecule is Cn1ccc(=O)c(C(N)=O)c1.Nc1nc2c(ncn2[C@H]2C[C@H](O)[C@@H](COP(=O)(O)O)O2)c(=O)[nH]1. The number of nitrogens with one attached hydrogen (secondary N) is 1. The van der Waals surface area contributed by atoms with Gasteiger partial charge in [-0.05, 0) is 0 Å². The minimum atomic E-state index is -4.66. The summed E-state index contributed by atoms with van der Waals surface area (Å²) in [5, 5.41) is 9.93. The number of pyridine rings is 1. The molecule has 0 radical (unpaired) electrons. The Balaban J connectivity index is 0.000000248. The summed E-state index contributed by atoms with van der Waals surface area (Å²) in [5.74, 6) is -0.782. The number of primary amides is 1. The summed E-state index contributed by atoms with van der Waals surface area (Å²) >= 11 is 0. The molecule has 3 atom stereocenters. The number of aliphatic hydroxyl groups excluding tert-OH is 1. The molecule has 4 heterocycles. The summed E-state index contributed by atoms with van der Waals surface area (Å²) in [7, 11) is -2.95. The minimum absolute atomic E-state index is 0.0231. The average molecular weight is 499 g/mol. The van der Waals surface area contributed by atoms with Gasteiger partial charge in [-0.3, -0.25) is 28.5 Å². The number of aromatic amines is 1. The van der Waals surface area contributed by atoms with Gasteiger partial charge in [0.25, 0.3) is 11.5 Å². The molecule has 3 aromatic heterocycles. The summed E-state index contributed by atoms with van der Waals surface area (Å²) in [6.07, 6.45) is 1.71. The number of imidazole rings is 1. The molecule has 0 spiro atoms. The lowest BCUT2D eigenvalue weighted by molar-refractivity contribution is -0.0424. The van der Waals surface area contributed by atoms with Crippen LogP contribution in [-0.2, 0) is 20.9 Å². The van der Waals surface area contributed by atoms with E-state index in [9.17, 15) is 24.1 Å². The normalized spacial score (nSPS) is 20.2. The zero-order valence-electron chi connectivity index (χ0n) is 17.6. The standard InChI is InChI=1S/C10H14N5O7P.C7H8N2O2/c11-10-13-8-7(9(17)14-10)12-3-15(8)6-1-4(16)5(22-6)2-21-23(18,19)20;1-9-3-2-6(10)5(4-9)7(8)11/h3-6,16H,1-2H2,(H2,18,19,20)(H3,11,13,14,17);2-4H,1H3,(H2,8,11)/t4-,5+,6+;/m0./s1. The zero-order chi connectivity index (χ0) is 25.2. The van der Waals surface area contributed by atoms with Gasteiger partial charge in [-0.15, -0.1) is 0 Å². The van der Waals surface area contributed by atoms with Crippen LogP contribution < -0.4 is 22.5 Å². The van der Waals surface area contributed by atoms with Crippen LogP contribution in [0.1, 0.15) is 23.0 Å². The van der Waals surface area contributed by atoms with Gasteiger partial charge >= 0.3 is 7.82 Å². The Kier molecular flexibility index (Phi) is 7.30. The van der Waals surface area contributed by atoms with Crippen molar-refractivity contribution < 1.29 is 33.5 Å². The van der Waals surface area contributed by atoms with Gasteiger partial charge < -0.3 is 35.7 Å². The summed E-state index contributed by atoms with van der Waals surface area (Å²) in [6, 6.07) is 1.31. The molecule has 3 aromatic rings. The maximum Gasteiger partial charge on any atom is 0.469 e. The van der Waals surface area contributed by atoms with Crippen molar-refractivity contribution >= 4 is 30.8 Å². The first-order chi connectivity index (χ1) is 15.9. The molecule has 1 fully saturated rings. The molecule has 17 heteroatoms. The molecule has 34 heavy (non-hydrogen) atoms. The molecule has 8 N–H and O–H groups in total. The lowest BCUT2D eigenvalue weighted by atomic mass is 10.2. The quantitative estimate of drug-likeness (QED) is 0.207. The molecule has 0 aliphatic carbocycles. The number of rotatable bonds is 5. The van der Waals surface area contributed by atoms with E-state index in [2.05, 4.69) is 19.5 Å². The van der Waals surface area contributed by atoms with Gasteiger partial charge in [0.15, 0.2) is 16.6 Å². The van der Waals surface area contributed by atoms with E-state index < -0.39 is 44.3 Å².